The third kappa shape index (κ3) is 5.32. The number of amides is 3. The van der Waals surface area contributed by atoms with E-state index in [0.29, 0.717) is 49.9 Å². The van der Waals surface area contributed by atoms with Gasteiger partial charge in [-0.15, -0.1) is 0 Å². The molecule has 1 aliphatic carbocycles. The van der Waals surface area contributed by atoms with E-state index in [0.717, 1.165) is 42.4 Å². The van der Waals surface area contributed by atoms with Gasteiger partial charge in [-0.05, 0) is 63.9 Å². The van der Waals surface area contributed by atoms with Crippen molar-refractivity contribution < 1.29 is 19.1 Å². The first kappa shape index (κ1) is 27.0. The average Bonchev–Trinajstić information content (AvgIpc) is 3.36. The molecule has 2 N–H and O–H groups in total. The first-order valence-corrected chi connectivity index (χ1v) is 14.4. The Morgan fingerprint density at radius 2 is 1.68 bits per heavy atom. The summed E-state index contributed by atoms with van der Waals surface area (Å²) in [7, 11) is 0. The number of aromatic nitrogens is 3. The van der Waals surface area contributed by atoms with Crippen molar-refractivity contribution in [3.05, 3.63) is 47.8 Å². The monoisotopic (exact) mass is 559 g/mol. The molecule has 2 aromatic heterocycles. The zero-order valence-corrected chi connectivity index (χ0v) is 23.9. The maximum absolute atomic E-state index is 13.1. The summed E-state index contributed by atoms with van der Waals surface area (Å²) >= 11 is 0. The maximum Gasteiger partial charge on any atom is 0.410 e. The number of nitrogens with one attached hydrogen (secondary N) is 2. The van der Waals surface area contributed by atoms with Crippen LogP contribution in [0.1, 0.15) is 73.7 Å². The molecule has 4 heterocycles. The molecule has 6 rings (SSSR count). The molecule has 41 heavy (non-hydrogen) atoms. The van der Waals surface area contributed by atoms with E-state index in [9.17, 15) is 14.4 Å². The SMILES string of the molecule is CC(C)(C)OC(=O)N1CCN(C(=O)c2ccc(Nc3ncc4cc5n(c4n3)C3(CCCCC3)CNC5=O)cc2)CC1. The second-order valence-corrected chi connectivity index (χ2v) is 12.3. The van der Waals surface area contributed by atoms with Crippen LogP contribution in [0.2, 0.25) is 0 Å². The molecule has 1 saturated carbocycles. The minimum atomic E-state index is -0.549. The fourth-order valence-corrected chi connectivity index (χ4v) is 6.15. The van der Waals surface area contributed by atoms with Crippen molar-refractivity contribution in [2.24, 2.45) is 0 Å². The quantitative estimate of drug-likeness (QED) is 0.492. The number of hydrogen-bond donors (Lipinski definition) is 2. The van der Waals surface area contributed by atoms with Crippen molar-refractivity contribution in [3.63, 3.8) is 0 Å². The van der Waals surface area contributed by atoms with E-state index in [-0.39, 0.29) is 23.4 Å². The molecule has 216 valence electrons. The molecule has 3 amide bonds. The fraction of sp³-hybridized carbons (Fsp3) is 0.500. The van der Waals surface area contributed by atoms with Crippen LogP contribution in [0.15, 0.2) is 36.5 Å². The lowest BCUT2D eigenvalue weighted by Crippen LogP contribution is -2.52. The molecule has 2 fully saturated rings. The fourth-order valence-electron chi connectivity index (χ4n) is 6.15. The summed E-state index contributed by atoms with van der Waals surface area (Å²) in [5.74, 6) is 0.293. The molecule has 11 heteroatoms. The van der Waals surface area contributed by atoms with Crippen molar-refractivity contribution in [2.75, 3.05) is 38.0 Å². The number of nitrogens with zero attached hydrogens (tertiary/aromatic N) is 5. The van der Waals surface area contributed by atoms with E-state index in [2.05, 4.69) is 20.2 Å². The summed E-state index contributed by atoms with van der Waals surface area (Å²) in [6.07, 6.45) is 6.93. The summed E-state index contributed by atoms with van der Waals surface area (Å²) in [4.78, 5) is 50.9. The third-order valence-corrected chi connectivity index (χ3v) is 8.22. The minimum absolute atomic E-state index is 0.0692. The van der Waals surface area contributed by atoms with Crippen LogP contribution in [-0.2, 0) is 10.3 Å². The number of piperazine rings is 1. The largest absolute Gasteiger partial charge is 0.444 e. The number of fused-ring (bicyclic) bond motifs is 4. The van der Waals surface area contributed by atoms with E-state index in [1.165, 1.54) is 6.42 Å². The molecule has 2 aliphatic heterocycles. The third-order valence-electron chi connectivity index (χ3n) is 8.22. The average molecular weight is 560 g/mol. The Morgan fingerprint density at radius 1 is 1.00 bits per heavy atom. The molecular formula is C30H37N7O4. The summed E-state index contributed by atoms with van der Waals surface area (Å²) < 4.78 is 7.60. The van der Waals surface area contributed by atoms with E-state index < -0.39 is 5.60 Å². The number of rotatable bonds is 3. The lowest BCUT2D eigenvalue weighted by atomic mass is 9.80. The van der Waals surface area contributed by atoms with E-state index >= 15 is 0 Å². The van der Waals surface area contributed by atoms with Crippen LogP contribution in [0.5, 0.6) is 0 Å². The predicted molar refractivity (Wildman–Crippen MR) is 154 cm³/mol. The highest BCUT2D eigenvalue weighted by Crippen LogP contribution is 2.40. The normalized spacial score (nSPS) is 18.7. The summed E-state index contributed by atoms with van der Waals surface area (Å²) in [6, 6.07) is 9.12. The van der Waals surface area contributed by atoms with Crippen molar-refractivity contribution in [2.45, 2.75) is 64.0 Å². The van der Waals surface area contributed by atoms with Crippen LogP contribution < -0.4 is 10.6 Å². The second kappa shape index (κ2) is 10.4. The Labute approximate surface area is 239 Å². The van der Waals surface area contributed by atoms with Crippen LogP contribution >= 0.6 is 0 Å². The van der Waals surface area contributed by atoms with Gasteiger partial charge in [-0.1, -0.05) is 19.3 Å². The maximum atomic E-state index is 13.1. The number of benzene rings is 1. The van der Waals surface area contributed by atoms with Gasteiger partial charge in [-0.3, -0.25) is 9.59 Å². The van der Waals surface area contributed by atoms with Crippen molar-refractivity contribution in [1.29, 1.82) is 0 Å². The Hall–Kier alpha value is -4.15. The van der Waals surface area contributed by atoms with Crippen molar-refractivity contribution >= 4 is 40.6 Å². The summed E-state index contributed by atoms with van der Waals surface area (Å²) in [6.45, 7) is 7.93. The zero-order valence-electron chi connectivity index (χ0n) is 23.9. The molecule has 0 unspecified atom stereocenters. The van der Waals surface area contributed by atoms with Crippen LogP contribution in [0.25, 0.3) is 11.0 Å². The highest BCUT2D eigenvalue weighted by Gasteiger charge is 2.41. The van der Waals surface area contributed by atoms with Gasteiger partial charge >= 0.3 is 6.09 Å². The number of carbonyl (C=O) groups is 3. The van der Waals surface area contributed by atoms with Gasteiger partial charge in [0.1, 0.15) is 16.9 Å². The first-order valence-electron chi connectivity index (χ1n) is 14.4. The standard InChI is InChI=1S/C30H37N7O4/c1-29(2,3)41-28(40)36-15-13-35(14-16-36)26(39)20-7-9-22(10-8-20)33-27-31-18-21-17-23-25(38)32-19-30(11-5-4-6-12-30)37(23)24(21)34-27/h7-10,17-18H,4-6,11-16,19H2,1-3H3,(H,32,38)(H,31,33,34). The highest BCUT2D eigenvalue weighted by molar-refractivity contribution is 5.99. The van der Waals surface area contributed by atoms with E-state index in [1.807, 2.05) is 39.0 Å². The van der Waals surface area contributed by atoms with Gasteiger partial charge < -0.3 is 29.7 Å². The molecule has 1 saturated heterocycles. The van der Waals surface area contributed by atoms with Gasteiger partial charge in [-0.2, -0.15) is 4.98 Å². The molecule has 1 aromatic carbocycles. The van der Waals surface area contributed by atoms with Crippen LogP contribution in [0, 0.1) is 0 Å². The molecule has 1 spiro atoms. The molecule has 3 aliphatic rings. The van der Waals surface area contributed by atoms with Crippen LogP contribution in [0.4, 0.5) is 16.4 Å². The van der Waals surface area contributed by atoms with Gasteiger partial charge in [0.2, 0.25) is 5.95 Å². The smallest absolute Gasteiger partial charge is 0.410 e. The topological polar surface area (TPSA) is 122 Å². The second-order valence-electron chi connectivity index (χ2n) is 12.3. The van der Waals surface area contributed by atoms with Crippen molar-refractivity contribution in [1.82, 2.24) is 29.7 Å². The Kier molecular flexibility index (Phi) is 6.83. The molecule has 0 bridgehead atoms. The Balaban J connectivity index is 1.14. The molecule has 0 radical (unpaired) electrons. The van der Waals surface area contributed by atoms with Crippen LogP contribution in [-0.4, -0.2) is 80.6 Å². The number of anilines is 2. The number of ether oxygens (including phenoxy) is 1. The Morgan fingerprint density at radius 3 is 2.37 bits per heavy atom. The van der Waals surface area contributed by atoms with Gasteiger partial charge in [0.15, 0.2) is 0 Å². The zero-order chi connectivity index (χ0) is 28.8. The van der Waals surface area contributed by atoms with Gasteiger partial charge in [-0.25, -0.2) is 9.78 Å². The Bertz CT molecular complexity index is 1480. The number of carbonyl (C=O) groups excluding carboxylic acids is 3. The van der Waals surface area contributed by atoms with Gasteiger partial charge in [0.05, 0.1) is 5.54 Å². The highest BCUT2D eigenvalue weighted by atomic mass is 16.6. The lowest BCUT2D eigenvalue weighted by molar-refractivity contribution is 0.0141. The molecule has 0 atom stereocenters. The lowest BCUT2D eigenvalue weighted by Gasteiger charge is -2.42. The number of hydrogen-bond acceptors (Lipinski definition) is 7. The van der Waals surface area contributed by atoms with Crippen LogP contribution in [0.3, 0.4) is 0 Å². The van der Waals surface area contributed by atoms with E-state index in [4.69, 9.17) is 9.72 Å². The summed E-state index contributed by atoms with van der Waals surface area (Å²) in [5.41, 5.74) is 2.05. The van der Waals surface area contributed by atoms with E-state index in [1.54, 1.807) is 28.1 Å². The summed E-state index contributed by atoms with van der Waals surface area (Å²) in [5, 5.41) is 7.20. The molecule has 3 aromatic rings. The van der Waals surface area contributed by atoms with Gasteiger partial charge in [0, 0.05) is 55.6 Å². The molecule has 11 nitrogen and oxygen atoms in total. The first-order chi connectivity index (χ1) is 19.6. The van der Waals surface area contributed by atoms with Crippen molar-refractivity contribution in [3.8, 4) is 0 Å². The molecular weight excluding hydrogens is 522 g/mol. The predicted octanol–water partition coefficient (Wildman–Crippen LogP) is 4.27. The van der Waals surface area contributed by atoms with Gasteiger partial charge in [0.25, 0.3) is 11.8 Å². The minimum Gasteiger partial charge on any atom is -0.444 e.